The summed E-state index contributed by atoms with van der Waals surface area (Å²) in [6, 6.07) is 3.38. The van der Waals surface area contributed by atoms with Crippen LogP contribution >= 0.6 is 11.6 Å². The predicted molar refractivity (Wildman–Crippen MR) is 103 cm³/mol. The number of carbonyl (C=O) groups excluding carboxylic acids is 1. The number of amides is 1. The van der Waals surface area contributed by atoms with Crippen molar-refractivity contribution >= 4 is 43.8 Å². The summed E-state index contributed by atoms with van der Waals surface area (Å²) in [6.45, 7) is 3.10. The topological polar surface area (TPSA) is 101 Å². The van der Waals surface area contributed by atoms with Crippen LogP contribution in [0.4, 0.5) is 18.9 Å². The molecule has 2 N–H and O–H groups in total. The van der Waals surface area contributed by atoms with E-state index in [9.17, 15) is 35.7 Å². The molecule has 1 amide bonds. The molecule has 0 radical (unpaired) electrons. The van der Waals surface area contributed by atoms with E-state index in [2.05, 4.69) is 5.32 Å². The van der Waals surface area contributed by atoms with E-state index in [0.29, 0.717) is 22.6 Å². The lowest BCUT2D eigenvalue weighted by molar-refractivity contribution is -0.0436. The number of phenols is 1. The second-order valence-corrected chi connectivity index (χ2v) is 9.71. The van der Waals surface area contributed by atoms with Crippen molar-refractivity contribution < 1.29 is 35.7 Å². The van der Waals surface area contributed by atoms with E-state index in [4.69, 9.17) is 11.6 Å². The third-order valence-electron chi connectivity index (χ3n) is 4.00. The van der Waals surface area contributed by atoms with Gasteiger partial charge in [0.15, 0.2) is 0 Å². The van der Waals surface area contributed by atoms with Crippen LogP contribution < -0.4 is 5.32 Å². The minimum atomic E-state index is -5.60. The Morgan fingerprint density at radius 1 is 1.21 bits per heavy atom. The van der Waals surface area contributed by atoms with E-state index >= 15 is 0 Å². The average Bonchev–Trinajstić information content (AvgIpc) is 2.54. The number of sulfone groups is 1. The standard InChI is InChI=1S/C17H15ClF3NO5S2/c1-8-6-13(23)14(9(2)15(8)28(3)25)16(24)22-12-5-4-10(7-11(12)18)29(26,27)17(19,20)21/h4-7,23H,1-3H3,(H,22,24). The smallest absolute Gasteiger partial charge is 0.501 e. The number of nitrogens with one attached hydrogen (secondary N) is 1. The summed E-state index contributed by atoms with van der Waals surface area (Å²) in [6.07, 6.45) is 1.41. The van der Waals surface area contributed by atoms with Gasteiger partial charge in [-0.25, -0.2) is 8.42 Å². The molecule has 2 aromatic carbocycles. The number of anilines is 1. The quantitative estimate of drug-likeness (QED) is 0.706. The van der Waals surface area contributed by atoms with Gasteiger partial charge in [-0.2, -0.15) is 13.2 Å². The first-order valence-corrected chi connectivity index (χ1v) is 11.2. The highest BCUT2D eigenvalue weighted by molar-refractivity contribution is 7.92. The highest BCUT2D eigenvalue weighted by atomic mass is 35.5. The summed E-state index contributed by atoms with van der Waals surface area (Å²) >= 11 is 5.85. The molecule has 0 aliphatic heterocycles. The first-order valence-electron chi connectivity index (χ1n) is 7.77. The molecule has 0 spiro atoms. The second kappa shape index (κ2) is 7.96. The van der Waals surface area contributed by atoms with Gasteiger partial charge in [0, 0.05) is 11.2 Å². The van der Waals surface area contributed by atoms with Gasteiger partial charge < -0.3 is 10.4 Å². The molecule has 2 aromatic rings. The fraction of sp³-hybridized carbons (Fsp3) is 0.235. The number of rotatable bonds is 4. The minimum Gasteiger partial charge on any atom is -0.507 e. The summed E-state index contributed by atoms with van der Waals surface area (Å²) in [5, 5.41) is 12.0. The van der Waals surface area contributed by atoms with Crippen molar-refractivity contribution in [1.29, 1.82) is 0 Å². The molecule has 0 aromatic heterocycles. The largest absolute Gasteiger partial charge is 0.507 e. The lowest BCUT2D eigenvalue weighted by Crippen LogP contribution is -2.23. The Kier molecular flexibility index (Phi) is 6.36. The summed E-state index contributed by atoms with van der Waals surface area (Å²) in [7, 11) is -7.05. The molecule has 158 valence electrons. The van der Waals surface area contributed by atoms with Gasteiger partial charge >= 0.3 is 5.51 Å². The molecule has 12 heteroatoms. The summed E-state index contributed by atoms with van der Waals surface area (Å²) in [5.41, 5.74) is -5.09. The van der Waals surface area contributed by atoms with Crippen molar-refractivity contribution in [2.24, 2.45) is 0 Å². The molecular formula is C17H15ClF3NO5S2. The number of carbonyl (C=O) groups is 1. The fourth-order valence-electron chi connectivity index (χ4n) is 2.76. The molecule has 6 nitrogen and oxygen atoms in total. The molecule has 0 saturated carbocycles. The van der Waals surface area contributed by atoms with E-state index < -0.39 is 42.0 Å². The van der Waals surface area contributed by atoms with Gasteiger partial charge in [0.1, 0.15) is 5.75 Å². The predicted octanol–water partition coefficient (Wildman–Crippen LogP) is 3.95. The van der Waals surface area contributed by atoms with Gasteiger partial charge in [0.25, 0.3) is 15.7 Å². The van der Waals surface area contributed by atoms with Gasteiger partial charge in [-0.05, 0) is 49.2 Å². The number of aromatic hydroxyl groups is 1. The first-order chi connectivity index (χ1) is 13.2. The normalized spacial score (nSPS) is 13.2. The number of phenolic OH excluding ortho intramolecular Hbond substituents is 1. The zero-order valence-corrected chi connectivity index (χ0v) is 17.6. The van der Waals surface area contributed by atoms with Crippen LogP contribution in [0.25, 0.3) is 0 Å². The van der Waals surface area contributed by atoms with Gasteiger partial charge in [0.05, 0.1) is 32.0 Å². The summed E-state index contributed by atoms with van der Waals surface area (Å²) in [5.74, 6) is -1.25. The Morgan fingerprint density at radius 3 is 2.28 bits per heavy atom. The molecule has 0 fully saturated rings. The average molecular weight is 470 g/mol. The van der Waals surface area contributed by atoms with Gasteiger partial charge in [-0.15, -0.1) is 0 Å². The summed E-state index contributed by atoms with van der Waals surface area (Å²) < 4.78 is 72.8. The molecular weight excluding hydrogens is 455 g/mol. The third-order valence-corrected chi connectivity index (χ3v) is 7.00. The van der Waals surface area contributed by atoms with Crippen molar-refractivity contribution in [2.75, 3.05) is 11.6 Å². The third kappa shape index (κ3) is 4.41. The maximum Gasteiger partial charge on any atom is 0.501 e. The monoisotopic (exact) mass is 469 g/mol. The maximum atomic E-state index is 12.7. The molecule has 1 unspecified atom stereocenters. The molecule has 0 heterocycles. The van der Waals surface area contributed by atoms with Crippen LogP contribution in [-0.4, -0.2) is 35.4 Å². The molecule has 0 saturated heterocycles. The Balaban J connectivity index is 2.46. The van der Waals surface area contributed by atoms with Crippen molar-refractivity contribution in [3.05, 3.63) is 46.0 Å². The number of alkyl halides is 3. The van der Waals surface area contributed by atoms with Crippen molar-refractivity contribution in [2.45, 2.75) is 29.1 Å². The van der Waals surface area contributed by atoms with Crippen LogP contribution in [0.3, 0.4) is 0 Å². The van der Waals surface area contributed by atoms with E-state index in [1.807, 2.05) is 0 Å². The fourth-order valence-corrected chi connectivity index (χ4v) is 4.88. The molecule has 29 heavy (non-hydrogen) atoms. The number of aryl methyl sites for hydroxylation is 1. The summed E-state index contributed by atoms with van der Waals surface area (Å²) in [4.78, 5) is 11.9. The van der Waals surface area contributed by atoms with E-state index in [1.165, 1.54) is 19.2 Å². The Hall–Kier alpha value is -2.11. The molecule has 0 aliphatic carbocycles. The maximum absolute atomic E-state index is 12.7. The highest BCUT2D eigenvalue weighted by Crippen LogP contribution is 2.35. The van der Waals surface area contributed by atoms with Crippen LogP contribution in [0.15, 0.2) is 34.1 Å². The zero-order valence-electron chi connectivity index (χ0n) is 15.2. The Morgan fingerprint density at radius 2 is 1.79 bits per heavy atom. The highest BCUT2D eigenvalue weighted by Gasteiger charge is 2.47. The lowest BCUT2D eigenvalue weighted by atomic mass is 10.0. The molecule has 1 atom stereocenters. The van der Waals surface area contributed by atoms with Crippen LogP contribution in [0.1, 0.15) is 21.5 Å². The zero-order chi connectivity index (χ0) is 22.3. The number of hydrogen-bond acceptors (Lipinski definition) is 5. The minimum absolute atomic E-state index is 0.170. The molecule has 0 aliphatic rings. The van der Waals surface area contributed by atoms with Gasteiger partial charge in [-0.3, -0.25) is 9.00 Å². The van der Waals surface area contributed by atoms with E-state index in [-0.39, 0.29) is 22.6 Å². The first kappa shape index (κ1) is 23.2. The second-order valence-electron chi connectivity index (χ2n) is 6.04. The van der Waals surface area contributed by atoms with Crippen molar-refractivity contribution in [1.82, 2.24) is 0 Å². The van der Waals surface area contributed by atoms with Crippen molar-refractivity contribution in [3.63, 3.8) is 0 Å². The van der Waals surface area contributed by atoms with Crippen LogP contribution in [0.5, 0.6) is 5.75 Å². The SMILES string of the molecule is Cc1cc(O)c(C(=O)Nc2ccc(S(=O)(=O)C(F)(F)F)cc2Cl)c(C)c1S(C)=O. The van der Waals surface area contributed by atoms with Crippen molar-refractivity contribution in [3.8, 4) is 5.75 Å². The molecule has 0 bridgehead atoms. The van der Waals surface area contributed by atoms with Crippen LogP contribution in [0, 0.1) is 13.8 Å². The number of halogens is 4. The van der Waals surface area contributed by atoms with E-state index in [1.54, 1.807) is 6.92 Å². The number of hydrogen-bond donors (Lipinski definition) is 2. The van der Waals surface area contributed by atoms with Crippen LogP contribution in [0.2, 0.25) is 5.02 Å². The van der Waals surface area contributed by atoms with Crippen LogP contribution in [-0.2, 0) is 20.6 Å². The van der Waals surface area contributed by atoms with Gasteiger partial charge in [-0.1, -0.05) is 11.6 Å². The van der Waals surface area contributed by atoms with Gasteiger partial charge in [0.2, 0.25) is 0 Å². The van der Waals surface area contributed by atoms with E-state index in [0.717, 1.165) is 6.07 Å². The number of benzene rings is 2. The Bertz CT molecular complexity index is 1130. The molecule has 2 rings (SSSR count). The lowest BCUT2D eigenvalue weighted by Gasteiger charge is -2.15. The Labute approximate surface area is 172 Å².